The second-order valence-electron chi connectivity index (χ2n) is 4.94. The molecule has 0 aliphatic heterocycles. The van der Waals surface area contributed by atoms with Crippen LogP contribution in [0.5, 0.6) is 0 Å². The van der Waals surface area contributed by atoms with Crippen molar-refractivity contribution >= 4 is 11.9 Å². The van der Waals surface area contributed by atoms with Gasteiger partial charge in [-0.2, -0.15) is 0 Å². The average molecular weight is 257 g/mol. The van der Waals surface area contributed by atoms with Crippen LogP contribution < -0.4 is 5.32 Å². The van der Waals surface area contributed by atoms with Crippen LogP contribution in [0, 0.1) is 0 Å². The molecule has 0 radical (unpaired) electrons. The Labute approximate surface area is 110 Å². The monoisotopic (exact) mass is 257 g/mol. The second kappa shape index (κ2) is 11.1. The third-order valence-electron chi connectivity index (χ3n) is 2.90. The summed E-state index contributed by atoms with van der Waals surface area (Å²) in [4.78, 5) is 21.9. The molecule has 0 saturated heterocycles. The maximum atomic E-state index is 11.5. The van der Waals surface area contributed by atoms with Crippen molar-refractivity contribution in [1.29, 1.82) is 0 Å². The van der Waals surface area contributed by atoms with Gasteiger partial charge in [0, 0.05) is 12.5 Å². The summed E-state index contributed by atoms with van der Waals surface area (Å²) in [5, 5.41) is 11.3. The first kappa shape index (κ1) is 16.9. The van der Waals surface area contributed by atoms with Crippen LogP contribution in [0.15, 0.2) is 0 Å². The zero-order chi connectivity index (χ0) is 13.8. The summed E-state index contributed by atoms with van der Waals surface area (Å²) < 4.78 is 0. The molecule has 4 heteroatoms. The number of rotatable bonds is 11. The number of amides is 1. The van der Waals surface area contributed by atoms with E-state index < -0.39 is 5.97 Å². The number of unbranched alkanes of at least 4 members (excludes halogenated alkanes) is 6. The van der Waals surface area contributed by atoms with E-state index in [9.17, 15) is 9.59 Å². The second-order valence-corrected chi connectivity index (χ2v) is 4.94. The first-order valence-electron chi connectivity index (χ1n) is 7.07. The van der Waals surface area contributed by atoms with Gasteiger partial charge < -0.3 is 10.4 Å². The fraction of sp³-hybridized carbons (Fsp3) is 0.857. The van der Waals surface area contributed by atoms with Crippen molar-refractivity contribution in [2.24, 2.45) is 0 Å². The van der Waals surface area contributed by atoms with Crippen molar-refractivity contribution in [1.82, 2.24) is 5.32 Å². The highest BCUT2D eigenvalue weighted by Gasteiger charge is 2.10. The highest BCUT2D eigenvalue weighted by atomic mass is 16.4. The number of carbonyl (C=O) groups is 2. The van der Waals surface area contributed by atoms with Crippen LogP contribution in [0.4, 0.5) is 0 Å². The summed E-state index contributed by atoms with van der Waals surface area (Å²) in [6, 6.07) is -0.278. The third kappa shape index (κ3) is 11.4. The van der Waals surface area contributed by atoms with Gasteiger partial charge in [-0.1, -0.05) is 45.4 Å². The molecule has 1 unspecified atom stereocenters. The van der Waals surface area contributed by atoms with E-state index in [2.05, 4.69) is 12.2 Å². The van der Waals surface area contributed by atoms with Crippen LogP contribution in [0.1, 0.15) is 71.6 Å². The van der Waals surface area contributed by atoms with Gasteiger partial charge in [0.15, 0.2) is 0 Å². The lowest BCUT2D eigenvalue weighted by atomic mass is 10.1. The van der Waals surface area contributed by atoms with Gasteiger partial charge >= 0.3 is 5.97 Å². The molecule has 0 fully saturated rings. The predicted octanol–water partition coefficient (Wildman–Crippen LogP) is 3.11. The van der Waals surface area contributed by atoms with E-state index in [-0.39, 0.29) is 18.4 Å². The van der Waals surface area contributed by atoms with E-state index in [1.807, 2.05) is 0 Å². The molecule has 0 aromatic rings. The molecule has 0 bridgehead atoms. The van der Waals surface area contributed by atoms with Gasteiger partial charge in [-0.15, -0.1) is 0 Å². The van der Waals surface area contributed by atoms with E-state index in [0.29, 0.717) is 6.42 Å². The third-order valence-corrected chi connectivity index (χ3v) is 2.90. The fourth-order valence-corrected chi connectivity index (χ4v) is 1.90. The van der Waals surface area contributed by atoms with Crippen LogP contribution in [-0.4, -0.2) is 23.0 Å². The first-order chi connectivity index (χ1) is 8.56. The maximum Gasteiger partial charge on any atom is 0.305 e. The van der Waals surface area contributed by atoms with Crippen molar-refractivity contribution < 1.29 is 14.7 Å². The van der Waals surface area contributed by atoms with Crippen molar-refractivity contribution in [3.63, 3.8) is 0 Å². The molecule has 4 nitrogen and oxygen atoms in total. The summed E-state index contributed by atoms with van der Waals surface area (Å²) in [6.07, 6.45) is 8.78. The Bertz CT molecular complexity index is 241. The summed E-state index contributed by atoms with van der Waals surface area (Å²) >= 11 is 0. The molecule has 106 valence electrons. The SMILES string of the molecule is CCCCCCCCCC(=O)NC(C)CC(=O)O. The molecule has 0 aliphatic carbocycles. The molecule has 0 saturated carbocycles. The Balaban J connectivity index is 3.39. The summed E-state index contributed by atoms with van der Waals surface area (Å²) in [5.74, 6) is -0.906. The molecule has 1 atom stereocenters. The lowest BCUT2D eigenvalue weighted by molar-refractivity contribution is -0.137. The molecule has 0 aliphatic rings. The van der Waals surface area contributed by atoms with E-state index in [0.717, 1.165) is 12.8 Å². The van der Waals surface area contributed by atoms with Crippen LogP contribution in [-0.2, 0) is 9.59 Å². The molecule has 1 amide bonds. The van der Waals surface area contributed by atoms with Crippen molar-refractivity contribution in [3.8, 4) is 0 Å². The molecule has 0 rings (SSSR count). The Kier molecular flexibility index (Phi) is 10.4. The van der Waals surface area contributed by atoms with E-state index in [4.69, 9.17) is 5.11 Å². The topological polar surface area (TPSA) is 66.4 Å². The number of hydrogen-bond acceptors (Lipinski definition) is 2. The fourth-order valence-electron chi connectivity index (χ4n) is 1.90. The van der Waals surface area contributed by atoms with E-state index in [1.165, 1.54) is 32.1 Å². The van der Waals surface area contributed by atoms with E-state index >= 15 is 0 Å². The smallest absolute Gasteiger partial charge is 0.305 e. The van der Waals surface area contributed by atoms with Gasteiger partial charge in [0.2, 0.25) is 5.91 Å². The Morgan fingerprint density at radius 2 is 1.61 bits per heavy atom. The minimum absolute atomic E-state index is 0.0112. The van der Waals surface area contributed by atoms with Crippen LogP contribution in [0.3, 0.4) is 0 Å². The van der Waals surface area contributed by atoms with Gasteiger partial charge in [-0.25, -0.2) is 0 Å². The van der Waals surface area contributed by atoms with Crippen LogP contribution >= 0.6 is 0 Å². The molecular weight excluding hydrogens is 230 g/mol. The Hall–Kier alpha value is -1.06. The van der Waals surface area contributed by atoms with Gasteiger partial charge in [-0.05, 0) is 13.3 Å². The predicted molar refractivity (Wildman–Crippen MR) is 72.5 cm³/mol. The Morgan fingerprint density at radius 3 is 2.17 bits per heavy atom. The molecule has 18 heavy (non-hydrogen) atoms. The Morgan fingerprint density at radius 1 is 1.06 bits per heavy atom. The van der Waals surface area contributed by atoms with Gasteiger partial charge in [0.1, 0.15) is 0 Å². The van der Waals surface area contributed by atoms with Gasteiger partial charge in [0.25, 0.3) is 0 Å². The quantitative estimate of drug-likeness (QED) is 0.559. The normalized spacial score (nSPS) is 12.1. The standard InChI is InChI=1S/C14H27NO3/c1-3-4-5-6-7-8-9-10-13(16)15-12(2)11-14(17)18/h12H,3-11H2,1-2H3,(H,15,16)(H,17,18). The zero-order valence-electron chi connectivity index (χ0n) is 11.7. The molecule has 2 N–H and O–H groups in total. The molecule has 0 aromatic heterocycles. The van der Waals surface area contributed by atoms with Gasteiger partial charge in [0.05, 0.1) is 6.42 Å². The molecule has 0 aromatic carbocycles. The summed E-state index contributed by atoms with van der Waals surface area (Å²) in [7, 11) is 0. The molecular formula is C14H27NO3. The average Bonchev–Trinajstić information content (AvgIpc) is 2.26. The summed E-state index contributed by atoms with van der Waals surface area (Å²) in [5.41, 5.74) is 0. The minimum atomic E-state index is -0.876. The van der Waals surface area contributed by atoms with Crippen molar-refractivity contribution in [2.75, 3.05) is 0 Å². The number of carbonyl (C=O) groups excluding carboxylic acids is 1. The number of aliphatic carboxylic acids is 1. The van der Waals surface area contributed by atoms with Crippen molar-refractivity contribution in [2.45, 2.75) is 77.7 Å². The van der Waals surface area contributed by atoms with Crippen LogP contribution in [0.25, 0.3) is 0 Å². The first-order valence-corrected chi connectivity index (χ1v) is 7.07. The number of nitrogens with one attached hydrogen (secondary N) is 1. The zero-order valence-corrected chi connectivity index (χ0v) is 11.7. The molecule has 0 heterocycles. The molecule has 0 spiro atoms. The minimum Gasteiger partial charge on any atom is -0.481 e. The van der Waals surface area contributed by atoms with Crippen LogP contribution in [0.2, 0.25) is 0 Å². The lowest BCUT2D eigenvalue weighted by Gasteiger charge is -2.11. The largest absolute Gasteiger partial charge is 0.481 e. The maximum absolute atomic E-state index is 11.5. The van der Waals surface area contributed by atoms with Gasteiger partial charge in [-0.3, -0.25) is 9.59 Å². The van der Waals surface area contributed by atoms with Crippen molar-refractivity contribution in [3.05, 3.63) is 0 Å². The number of hydrogen-bond donors (Lipinski definition) is 2. The highest BCUT2D eigenvalue weighted by molar-refractivity contribution is 5.77. The highest BCUT2D eigenvalue weighted by Crippen LogP contribution is 2.08. The number of carboxylic acid groups (broad SMARTS) is 1. The lowest BCUT2D eigenvalue weighted by Crippen LogP contribution is -2.33. The number of carboxylic acids is 1. The van der Waals surface area contributed by atoms with E-state index in [1.54, 1.807) is 6.92 Å². The summed E-state index contributed by atoms with van der Waals surface area (Å²) in [6.45, 7) is 3.92.